The van der Waals surface area contributed by atoms with Crippen molar-refractivity contribution >= 4 is 17.4 Å². The number of alkyl halides is 2. The van der Waals surface area contributed by atoms with Gasteiger partial charge in [-0.3, -0.25) is 9.69 Å². The van der Waals surface area contributed by atoms with Gasteiger partial charge in [0, 0.05) is 24.5 Å². The van der Waals surface area contributed by atoms with Gasteiger partial charge in [-0.05, 0) is 24.6 Å². The van der Waals surface area contributed by atoms with E-state index in [2.05, 4.69) is 0 Å². The minimum Gasteiger partial charge on any atom is -0.299 e. The molecule has 5 heteroatoms. The Balaban J connectivity index is 0.00000106. The molecule has 2 rings (SSSR count). The lowest BCUT2D eigenvalue weighted by Gasteiger charge is -2.22. The van der Waals surface area contributed by atoms with E-state index in [0.717, 1.165) is 5.56 Å². The smallest absolute Gasteiger partial charge is 0.261 e. The summed E-state index contributed by atoms with van der Waals surface area (Å²) in [7, 11) is 0. The van der Waals surface area contributed by atoms with Crippen LogP contribution in [-0.2, 0) is 4.79 Å². The van der Waals surface area contributed by atoms with Crippen LogP contribution in [0.4, 0.5) is 8.78 Å². The molecule has 1 aliphatic heterocycles. The first kappa shape index (κ1) is 18.1. The molecule has 21 heavy (non-hydrogen) atoms. The van der Waals surface area contributed by atoms with Gasteiger partial charge in [-0.2, -0.15) is 0 Å². The number of halogens is 3. The lowest BCUT2D eigenvalue weighted by atomic mass is 9.95. The summed E-state index contributed by atoms with van der Waals surface area (Å²) in [6.07, 6.45) is -0.127. The Morgan fingerprint density at radius 2 is 1.90 bits per heavy atom. The molecule has 118 valence electrons. The molecule has 0 saturated carbocycles. The predicted molar refractivity (Wildman–Crippen MR) is 82.2 cm³/mol. The van der Waals surface area contributed by atoms with E-state index < -0.39 is 5.92 Å². The molecule has 1 atom stereocenters. The Kier molecular flexibility index (Phi) is 6.75. The van der Waals surface area contributed by atoms with Crippen LogP contribution in [0, 0.1) is 0 Å². The molecule has 0 radical (unpaired) electrons. The van der Waals surface area contributed by atoms with Gasteiger partial charge in [-0.25, -0.2) is 8.78 Å². The number of carbonyl (C=O) groups excluding carboxylic acids is 1. The zero-order valence-corrected chi connectivity index (χ0v) is 13.5. The average molecular weight is 318 g/mol. The van der Waals surface area contributed by atoms with E-state index in [1.807, 2.05) is 13.8 Å². The summed E-state index contributed by atoms with van der Waals surface area (Å²) in [5.41, 5.74) is 0.826. The third-order valence-corrected chi connectivity index (χ3v) is 3.70. The highest BCUT2D eigenvalue weighted by molar-refractivity contribution is 6.30. The van der Waals surface area contributed by atoms with Crippen molar-refractivity contribution in [3.63, 3.8) is 0 Å². The molecule has 2 nitrogen and oxygen atoms in total. The highest BCUT2D eigenvalue weighted by atomic mass is 35.5. The minimum atomic E-state index is -2.62. The van der Waals surface area contributed by atoms with Gasteiger partial charge in [0.1, 0.15) is 5.78 Å². The van der Waals surface area contributed by atoms with Crippen LogP contribution in [0.15, 0.2) is 24.3 Å². The number of benzene rings is 1. The van der Waals surface area contributed by atoms with Gasteiger partial charge in [-0.15, -0.1) is 0 Å². The van der Waals surface area contributed by atoms with Crippen molar-refractivity contribution in [3.8, 4) is 0 Å². The van der Waals surface area contributed by atoms with E-state index in [1.54, 1.807) is 29.2 Å². The highest BCUT2D eigenvalue weighted by Crippen LogP contribution is 2.29. The Bertz CT molecular complexity index is 462. The number of hydrogen-bond acceptors (Lipinski definition) is 2. The molecular formula is C16H22ClF2NO. The normalized spacial score (nSPS) is 18.8. The lowest BCUT2D eigenvalue weighted by Crippen LogP contribution is -2.31. The first-order valence-corrected chi connectivity index (χ1v) is 7.61. The number of rotatable bonds is 4. The van der Waals surface area contributed by atoms with E-state index in [1.165, 1.54) is 6.92 Å². The molecule has 0 amide bonds. The zero-order valence-electron chi connectivity index (χ0n) is 12.7. The van der Waals surface area contributed by atoms with Crippen molar-refractivity contribution in [3.05, 3.63) is 34.9 Å². The summed E-state index contributed by atoms with van der Waals surface area (Å²) in [4.78, 5) is 13.4. The molecule has 1 aliphatic rings. The third kappa shape index (κ3) is 5.36. The molecule has 1 saturated heterocycles. The fourth-order valence-electron chi connectivity index (χ4n) is 2.38. The van der Waals surface area contributed by atoms with Crippen LogP contribution in [0.1, 0.15) is 38.7 Å². The molecule has 0 aliphatic carbocycles. The van der Waals surface area contributed by atoms with Crippen LogP contribution in [-0.4, -0.2) is 36.2 Å². The van der Waals surface area contributed by atoms with Crippen LogP contribution in [0.5, 0.6) is 0 Å². The highest BCUT2D eigenvalue weighted by Gasteiger charge is 2.39. The van der Waals surface area contributed by atoms with Crippen molar-refractivity contribution < 1.29 is 13.6 Å². The zero-order chi connectivity index (χ0) is 16.0. The largest absolute Gasteiger partial charge is 0.299 e. The molecule has 0 spiro atoms. The molecule has 0 aromatic heterocycles. The monoisotopic (exact) mass is 317 g/mol. The van der Waals surface area contributed by atoms with Gasteiger partial charge in [0.2, 0.25) is 0 Å². The summed E-state index contributed by atoms with van der Waals surface area (Å²) < 4.78 is 26.3. The summed E-state index contributed by atoms with van der Waals surface area (Å²) in [5.74, 6) is -3.01. The van der Waals surface area contributed by atoms with Gasteiger partial charge in [0.25, 0.3) is 5.92 Å². The van der Waals surface area contributed by atoms with Gasteiger partial charge in [0.15, 0.2) is 0 Å². The van der Waals surface area contributed by atoms with Crippen molar-refractivity contribution in [2.24, 2.45) is 0 Å². The second-order valence-electron chi connectivity index (χ2n) is 5.06. The van der Waals surface area contributed by atoms with Gasteiger partial charge in [0.05, 0.1) is 12.5 Å². The van der Waals surface area contributed by atoms with Crippen molar-refractivity contribution in [2.75, 3.05) is 19.6 Å². The lowest BCUT2D eigenvalue weighted by molar-refractivity contribution is -0.118. The summed E-state index contributed by atoms with van der Waals surface area (Å²) in [6, 6.07) is 6.99. The topological polar surface area (TPSA) is 20.3 Å². The molecule has 1 aromatic carbocycles. The van der Waals surface area contributed by atoms with E-state index in [-0.39, 0.29) is 24.7 Å². The Hall–Kier alpha value is -1.00. The Morgan fingerprint density at radius 1 is 1.33 bits per heavy atom. The Labute approximate surface area is 130 Å². The predicted octanol–water partition coefficient (Wildman–Crippen LogP) is 4.38. The van der Waals surface area contributed by atoms with Crippen LogP contribution >= 0.6 is 11.6 Å². The summed E-state index contributed by atoms with van der Waals surface area (Å²) >= 11 is 5.81. The van der Waals surface area contributed by atoms with Crippen molar-refractivity contribution in [1.82, 2.24) is 4.90 Å². The number of ketones is 1. The maximum Gasteiger partial charge on any atom is 0.261 e. The first-order chi connectivity index (χ1) is 9.87. The van der Waals surface area contributed by atoms with Crippen LogP contribution < -0.4 is 0 Å². The molecule has 1 unspecified atom stereocenters. The number of carbonyl (C=O) groups is 1. The van der Waals surface area contributed by atoms with E-state index in [0.29, 0.717) is 18.1 Å². The second-order valence-corrected chi connectivity index (χ2v) is 5.49. The van der Waals surface area contributed by atoms with Gasteiger partial charge >= 0.3 is 0 Å². The van der Waals surface area contributed by atoms with E-state index in [9.17, 15) is 13.6 Å². The molecule has 1 aromatic rings. The van der Waals surface area contributed by atoms with Gasteiger partial charge < -0.3 is 0 Å². The molecule has 0 bridgehead atoms. The molecular weight excluding hydrogens is 296 g/mol. The SMILES string of the molecule is CC.CC(=O)C(CN1CCC(F)(F)C1)c1ccc(Cl)cc1. The number of likely N-dealkylation sites (tertiary alicyclic amines) is 1. The first-order valence-electron chi connectivity index (χ1n) is 7.23. The van der Waals surface area contributed by atoms with Crippen LogP contribution in [0.25, 0.3) is 0 Å². The minimum absolute atomic E-state index is 0.0162. The third-order valence-electron chi connectivity index (χ3n) is 3.45. The quantitative estimate of drug-likeness (QED) is 0.821. The van der Waals surface area contributed by atoms with Crippen molar-refractivity contribution in [2.45, 2.75) is 39.0 Å². The standard InChI is InChI=1S/C14H16ClF2NO.C2H6/c1-10(19)13(11-2-4-12(15)5-3-11)8-18-7-6-14(16,17)9-18;1-2/h2-5,13H,6-9H2,1H3;1-2H3. The van der Waals surface area contributed by atoms with Crippen molar-refractivity contribution in [1.29, 1.82) is 0 Å². The van der Waals surface area contributed by atoms with Crippen LogP contribution in [0.2, 0.25) is 5.02 Å². The molecule has 1 fully saturated rings. The number of hydrogen-bond donors (Lipinski definition) is 0. The number of nitrogens with zero attached hydrogens (tertiary/aromatic N) is 1. The number of Topliss-reactive ketones (excluding diaryl/α,β-unsaturated/α-hetero) is 1. The Morgan fingerprint density at radius 3 is 2.33 bits per heavy atom. The fraction of sp³-hybridized carbons (Fsp3) is 0.562. The second kappa shape index (κ2) is 7.85. The average Bonchev–Trinajstić information content (AvgIpc) is 2.79. The summed E-state index contributed by atoms with van der Waals surface area (Å²) in [5, 5.41) is 0.596. The summed E-state index contributed by atoms with van der Waals surface area (Å²) in [6.45, 7) is 5.91. The van der Waals surface area contributed by atoms with E-state index >= 15 is 0 Å². The molecule has 0 N–H and O–H groups in total. The maximum absolute atomic E-state index is 13.2. The maximum atomic E-state index is 13.2. The van der Waals surface area contributed by atoms with Gasteiger partial charge in [-0.1, -0.05) is 37.6 Å². The van der Waals surface area contributed by atoms with Crippen LogP contribution in [0.3, 0.4) is 0 Å². The fourth-order valence-corrected chi connectivity index (χ4v) is 2.51. The van der Waals surface area contributed by atoms with E-state index in [4.69, 9.17) is 11.6 Å². The molecule has 1 heterocycles.